The summed E-state index contributed by atoms with van der Waals surface area (Å²) < 4.78 is 27.4. The van der Waals surface area contributed by atoms with Crippen LogP contribution in [0.3, 0.4) is 0 Å². The average Bonchev–Trinajstić information content (AvgIpc) is 2.85. The van der Waals surface area contributed by atoms with E-state index in [1.807, 2.05) is 6.92 Å². The standard InChI is InChI=1S/C25H33N3O3S/c1-20(21-12-14-23(15-13-21)27-16-6-3-7-17-27)26-25(29)22-9-8-18-28(19-22)32(30,31)24-10-4-2-5-11-24/h2,4-5,10-15,20,22H,3,6-9,16-19H2,1H3,(H,26,29)/t20-,22+/m0/s1. The minimum absolute atomic E-state index is 0.0782. The molecule has 0 saturated carbocycles. The Bertz CT molecular complexity index is 1000. The van der Waals surface area contributed by atoms with Crippen LogP contribution in [0.5, 0.6) is 0 Å². The number of sulfonamides is 1. The third-order valence-corrected chi connectivity index (χ3v) is 8.49. The quantitative estimate of drug-likeness (QED) is 0.716. The molecule has 2 aromatic rings. The number of carbonyl (C=O) groups excluding carboxylic acids is 1. The van der Waals surface area contributed by atoms with Crippen LogP contribution in [0.15, 0.2) is 59.5 Å². The molecule has 7 heteroatoms. The Morgan fingerprint density at radius 2 is 1.62 bits per heavy atom. The van der Waals surface area contributed by atoms with Gasteiger partial charge in [0.2, 0.25) is 15.9 Å². The molecule has 1 N–H and O–H groups in total. The predicted molar refractivity (Wildman–Crippen MR) is 127 cm³/mol. The van der Waals surface area contributed by atoms with E-state index in [-0.39, 0.29) is 29.3 Å². The molecule has 172 valence electrons. The van der Waals surface area contributed by atoms with Gasteiger partial charge in [-0.25, -0.2) is 8.42 Å². The van der Waals surface area contributed by atoms with Crippen molar-refractivity contribution in [2.24, 2.45) is 5.92 Å². The van der Waals surface area contributed by atoms with Crippen molar-refractivity contribution >= 4 is 21.6 Å². The molecular formula is C25H33N3O3S. The highest BCUT2D eigenvalue weighted by Crippen LogP contribution is 2.26. The van der Waals surface area contributed by atoms with Crippen LogP contribution in [0, 0.1) is 5.92 Å². The fourth-order valence-electron chi connectivity index (χ4n) is 4.66. The predicted octanol–water partition coefficient (Wildman–Crippen LogP) is 3.96. The number of hydrogen-bond acceptors (Lipinski definition) is 4. The van der Waals surface area contributed by atoms with Gasteiger partial charge in [0.25, 0.3) is 0 Å². The molecule has 2 aromatic carbocycles. The maximum absolute atomic E-state index is 13.0. The number of hydrogen-bond donors (Lipinski definition) is 1. The normalized spacial score (nSPS) is 21.2. The molecule has 4 rings (SSSR count). The minimum atomic E-state index is -3.58. The third-order valence-electron chi connectivity index (χ3n) is 6.61. The van der Waals surface area contributed by atoms with Crippen LogP contribution in [0.2, 0.25) is 0 Å². The number of carbonyl (C=O) groups is 1. The first kappa shape index (κ1) is 22.8. The van der Waals surface area contributed by atoms with E-state index in [1.54, 1.807) is 30.3 Å². The molecule has 2 saturated heterocycles. The second-order valence-corrected chi connectivity index (χ2v) is 10.8. The molecule has 2 atom stereocenters. The number of anilines is 1. The SMILES string of the molecule is C[C@H](NC(=O)[C@@H]1CCCN(S(=O)(=O)c2ccccc2)C1)c1ccc(N2CCCCC2)cc1. The lowest BCUT2D eigenvalue weighted by Crippen LogP contribution is -2.45. The average molecular weight is 456 g/mol. The van der Waals surface area contributed by atoms with Gasteiger partial charge in [-0.2, -0.15) is 4.31 Å². The molecule has 2 aliphatic rings. The van der Waals surface area contributed by atoms with Gasteiger partial charge in [0.15, 0.2) is 0 Å². The topological polar surface area (TPSA) is 69.7 Å². The van der Waals surface area contributed by atoms with Gasteiger partial charge in [0.1, 0.15) is 0 Å². The Morgan fingerprint density at radius 1 is 0.938 bits per heavy atom. The van der Waals surface area contributed by atoms with Gasteiger partial charge in [-0.05, 0) is 68.9 Å². The summed E-state index contributed by atoms with van der Waals surface area (Å²) in [5.41, 5.74) is 2.30. The van der Waals surface area contributed by atoms with Crippen molar-refractivity contribution in [1.82, 2.24) is 9.62 Å². The van der Waals surface area contributed by atoms with Gasteiger partial charge in [0, 0.05) is 31.9 Å². The number of nitrogens with zero attached hydrogens (tertiary/aromatic N) is 2. The highest BCUT2D eigenvalue weighted by molar-refractivity contribution is 7.89. The molecule has 0 aromatic heterocycles. The second kappa shape index (κ2) is 10.0. The van der Waals surface area contributed by atoms with Gasteiger partial charge < -0.3 is 10.2 Å². The van der Waals surface area contributed by atoms with E-state index in [0.29, 0.717) is 19.4 Å². The van der Waals surface area contributed by atoms with Crippen molar-refractivity contribution in [1.29, 1.82) is 0 Å². The van der Waals surface area contributed by atoms with Gasteiger partial charge in [0.05, 0.1) is 16.9 Å². The summed E-state index contributed by atoms with van der Waals surface area (Å²) in [5, 5.41) is 3.10. The molecule has 0 unspecified atom stereocenters. The Balaban J connectivity index is 1.36. The van der Waals surface area contributed by atoms with E-state index in [9.17, 15) is 13.2 Å². The van der Waals surface area contributed by atoms with E-state index in [2.05, 4.69) is 34.5 Å². The zero-order valence-corrected chi connectivity index (χ0v) is 19.6. The third kappa shape index (κ3) is 5.15. The lowest BCUT2D eigenvalue weighted by atomic mass is 9.97. The van der Waals surface area contributed by atoms with Crippen molar-refractivity contribution in [3.63, 3.8) is 0 Å². The van der Waals surface area contributed by atoms with Gasteiger partial charge in [-0.1, -0.05) is 30.3 Å². The number of benzene rings is 2. The molecule has 2 heterocycles. The summed E-state index contributed by atoms with van der Waals surface area (Å²) in [6.07, 6.45) is 5.18. The van der Waals surface area contributed by atoms with Crippen LogP contribution in [0.4, 0.5) is 5.69 Å². The Hall–Kier alpha value is -2.38. The molecular weight excluding hydrogens is 422 g/mol. The van der Waals surface area contributed by atoms with E-state index in [4.69, 9.17) is 0 Å². The van der Waals surface area contributed by atoms with E-state index in [0.717, 1.165) is 18.7 Å². The van der Waals surface area contributed by atoms with Crippen molar-refractivity contribution in [3.8, 4) is 0 Å². The van der Waals surface area contributed by atoms with Crippen molar-refractivity contribution < 1.29 is 13.2 Å². The van der Waals surface area contributed by atoms with Crippen LogP contribution in [-0.2, 0) is 14.8 Å². The molecule has 32 heavy (non-hydrogen) atoms. The summed E-state index contributed by atoms with van der Waals surface area (Å²) in [6, 6.07) is 16.8. The van der Waals surface area contributed by atoms with E-state index < -0.39 is 10.0 Å². The Labute approximate surface area is 191 Å². The van der Waals surface area contributed by atoms with Crippen LogP contribution < -0.4 is 10.2 Å². The molecule has 0 spiro atoms. The van der Waals surface area contributed by atoms with Gasteiger partial charge in [-0.15, -0.1) is 0 Å². The second-order valence-electron chi connectivity index (χ2n) is 8.88. The van der Waals surface area contributed by atoms with E-state index in [1.165, 1.54) is 29.3 Å². The first-order valence-electron chi connectivity index (χ1n) is 11.7. The molecule has 0 bridgehead atoms. The Kier molecular flexibility index (Phi) is 7.16. The van der Waals surface area contributed by atoms with Crippen LogP contribution in [0.1, 0.15) is 50.6 Å². The van der Waals surface area contributed by atoms with Crippen LogP contribution >= 0.6 is 0 Å². The molecule has 0 radical (unpaired) electrons. The Morgan fingerprint density at radius 3 is 2.31 bits per heavy atom. The smallest absolute Gasteiger partial charge is 0.243 e. The van der Waals surface area contributed by atoms with E-state index >= 15 is 0 Å². The summed E-state index contributed by atoms with van der Waals surface area (Å²) >= 11 is 0. The maximum Gasteiger partial charge on any atom is 0.243 e. The zero-order chi connectivity index (χ0) is 22.6. The molecule has 2 aliphatic heterocycles. The van der Waals surface area contributed by atoms with Gasteiger partial charge >= 0.3 is 0 Å². The van der Waals surface area contributed by atoms with Crippen LogP contribution in [0.25, 0.3) is 0 Å². The summed E-state index contributed by atoms with van der Waals surface area (Å²) in [7, 11) is -3.58. The monoisotopic (exact) mass is 455 g/mol. The van der Waals surface area contributed by atoms with Crippen LogP contribution in [-0.4, -0.2) is 44.8 Å². The number of piperidine rings is 2. The highest BCUT2D eigenvalue weighted by Gasteiger charge is 2.33. The molecule has 0 aliphatic carbocycles. The summed E-state index contributed by atoms with van der Waals surface area (Å²) in [4.78, 5) is 15.7. The molecule has 1 amide bonds. The molecule has 2 fully saturated rings. The largest absolute Gasteiger partial charge is 0.372 e. The van der Waals surface area contributed by atoms with Crippen molar-refractivity contribution in [2.45, 2.75) is 50.0 Å². The van der Waals surface area contributed by atoms with Crippen molar-refractivity contribution in [2.75, 3.05) is 31.1 Å². The highest BCUT2D eigenvalue weighted by atomic mass is 32.2. The number of nitrogens with one attached hydrogen (secondary N) is 1. The lowest BCUT2D eigenvalue weighted by Gasteiger charge is -2.32. The first-order valence-corrected chi connectivity index (χ1v) is 13.1. The summed E-state index contributed by atoms with van der Waals surface area (Å²) in [5.74, 6) is -0.414. The van der Waals surface area contributed by atoms with Gasteiger partial charge in [-0.3, -0.25) is 4.79 Å². The number of amides is 1. The maximum atomic E-state index is 13.0. The summed E-state index contributed by atoms with van der Waals surface area (Å²) in [6.45, 7) is 4.87. The zero-order valence-electron chi connectivity index (χ0n) is 18.7. The molecule has 6 nitrogen and oxygen atoms in total. The van der Waals surface area contributed by atoms with Crippen molar-refractivity contribution in [3.05, 3.63) is 60.2 Å². The lowest BCUT2D eigenvalue weighted by molar-refractivity contribution is -0.126. The minimum Gasteiger partial charge on any atom is -0.372 e. The number of rotatable bonds is 6. The first-order chi connectivity index (χ1) is 15.4. The fourth-order valence-corrected chi connectivity index (χ4v) is 6.20. The fraction of sp³-hybridized carbons (Fsp3) is 0.480.